The number of esters is 1. The lowest BCUT2D eigenvalue weighted by Gasteiger charge is -2.38. The summed E-state index contributed by atoms with van der Waals surface area (Å²) in [5, 5.41) is 4.33. The van der Waals surface area contributed by atoms with Crippen LogP contribution in [0, 0.1) is 11.7 Å². The third-order valence-electron chi connectivity index (χ3n) is 8.37. The number of halogens is 1. The van der Waals surface area contributed by atoms with E-state index in [1.807, 2.05) is 23.5 Å². The van der Waals surface area contributed by atoms with E-state index in [4.69, 9.17) is 9.72 Å². The maximum absolute atomic E-state index is 13.6. The zero-order chi connectivity index (χ0) is 24.5. The molecule has 6 rings (SSSR count). The number of carbonyl (C=O) groups excluding carboxylic acids is 1. The van der Waals surface area contributed by atoms with Crippen LogP contribution >= 0.6 is 11.3 Å². The first-order valence-corrected chi connectivity index (χ1v) is 14.2. The van der Waals surface area contributed by atoms with Gasteiger partial charge in [-0.25, -0.2) is 9.37 Å². The lowest BCUT2D eigenvalue weighted by atomic mass is 9.67. The highest BCUT2D eigenvalue weighted by Crippen LogP contribution is 2.44. The Balaban J connectivity index is 1.16. The molecule has 3 aliphatic rings. The molecule has 2 aliphatic carbocycles. The van der Waals surface area contributed by atoms with Gasteiger partial charge < -0.3 is 10.1 Å². The minimum absolute atomic E-state index is 0.0107. The number of nitrogens with one attached hydrogen (secondary N) is 1. The molecular weight excluding hydrogens is 471 g/mol. The van der Waals surface area contributed by atoms with Crippen LogP contribution in [0.2, 0.25) is 0 Å². The summed E-state index contributed by atoms with van der Waals surface area (Å²) in [5.41, 5.74) is 6.31. The summed E-state index contributed by atoms with van der Waals surface area (Å²) in [6.45, 7) is 1.80. The summed E-state index contributed by atoms with van der Waals surface area (Å²) >= 11 is 1.84. The maximum Gasteiger partial charge on any atom is 0.311 e. The first-order chi connectivity index (χ1) is 17.6. The van der Waals surface area contributed by atoms with E-state index in [-0.39, 0.29) is 23.1 Å². The Morgan fingerprint density at radius 2 is 1.89 bits per heavy atom. The minimum atomic E-state index is -0.159. The van der Waals surface area contributed by atoms with Crippen LogP contribution in [-0.4, -0.2) is 24.0 Å². The fourth-order valence-electron chi connectivity index (χ4n) is 6.09. The van der Waals surface area contributed by atoms with Crippen molar-refractivity contribution in [2.75, 3.05) is 13.1 Å². The van der Waals surface area contributed by atoms with E-state index < -0.39 is 0 Å². The SMILES string of the molecule is O=C(OCc1ccc2c(c1)CCc1nc(CCC3(c4ccc(F)cc4)CCCCC3)sc1-2)C1CNC1. The van der Waals surface area contributed by atoms with Crippen molar-refractivity contribution in [3.63, 3.8) is 0 Å². The Morgan fingerprint density at radius 1 is 1.08 bits per heavy atom. The predicted octanol–water partition coefficient (Wildman–Crippen LogP) is 6.15. The van der Waals surface area contributed by atoms with Crippen LogP contribution in [0.15, 0.2) is 42.5 Å². The van der Waals surface area contributed by atoms with Crippen molar-refractivity contribution in [1.29, 1.82) is 0 Å². The zero-order valence-electron chi connectivity index (χ0n) is 20.7. The molecule has 0 spiro atoms. The number of hydrogen-bond donors (Lipinski definition) is 1. The van der Waals surface area contributed by atoms with Crippen molar-refractivity contribution in [3.8, 4) is 10.4 Å². The molecule has 4 nitrogen and oxygen atoms in total. The quantitative estimate of drug-likeness (QED) is 0.393. The van der Waals surface area contributed by atoms with E-state index in [1.54, 1.807) is 12.1 Å². The molecule has 0 bridgehead atoms. The van der Waals surface area contributed by atoms with Gasteiger partial charge in [-0.3, -0.25) is 4.79 Å². The highest BCUT2D eigenvalue weighted by molar-refractivity contribution is 7.15. The number of thiazole rings is 1. The van der Waals surface area contributed by atoms with E-state index in [1.165, 1.54) is 64.4 Å². The molecule has 0 unspecified atom stereocenters. The third-order valence-corrected chi connectivity index (χ3v) is 9.56. The summed E-state index contributed by atoms with van der Waals surface area (Å²) in [4.78, 5) is 18.4. The van der Waals surface area contributed by atoms with Gasteiger partial charge in [-0.15, -0.1) is 11.3 Å². The van der Waals surface area contributed by atoms with Gasteiger partial charge in [0.2, 0.25) is 0 Å². The number of rotatable bonds is 7. The standard InChI is InChI=1S/C30H33FN2O2S/c31-24-8-6-23(7-9-24)30(13-2-1-3-14-30)15-12-27-33-26-11-5-21-16-20(4-10-25(21)28(26)36-27)19-35-29(34)22-17-32-18-22/h4,6-10,16,22,32H,1-3,5,11-15,17-19H2. The largest absolute Gasteiger partial charge is 0.461 e. The van der Waals surface area contributed by atoms with Gasteiger partial charge in [-0.2, -0.15) is 0 Å². The minimum Gasteiger partial charge on any atom is -0.461 e. The highest BCUT2D eigenvalue weighted by Gasteiger charge is 2.34. The van der Waals surface area contributed by atoms with Gasteiger partial charge in [-0.1, -0.05) is 49.6 Å². The second-order valence-corrected chi connectivity index (χ2v) is 11.8. The number of aromatic nitrogens is 1. The number of ether oxygens (including phenoxy) is 1. The number of fused-ring (bicyclic) bond motifs is 3. The van der Waals surface area contributed by atoms with Crippen molar-refractivity contribution < 1.29 is 13.9 Å². The third kappa shape index (κ3) is 4.73. The molecule has 2 fully saturated rings. The number of benzene rings is 2. The molecule has 1 N–H and O–H groups in total. The van der Waals surface area contributed by atoms with Crippen molar-refractivity contribution in [1.82, 2.24) is 10.3 Å². The number of hydrogen-bond acceptors (Lipinski definition) is 5. The van der Waals surface area contributed by atoms with Crippen molar-refractivity contribution in [2.24, 2.45) is 5.92 Å². The van der Waals surface area contributed by atoms with E-state index in [0.717, 1.165) is 44.3 Å². The molecule has 0 atom stereocenters. The topological polar surface area (TPSA) is 51.2 Å². The monoisotopic (exact) mass is 504 g/mol. The van der Waals surface area contributed by atoms with Crippen LogP contribution in [0.4, 0.5) is 4.39 Å². The summed E-state index contributed by atoms with van der Waals surface area (Å²) in [7, 11) is 0. The molecule has 188 valence electrons. The summed E-state index contributed by atoms with van der Waals surface area (Å²) in [6.07, 6.45) is 10.1. The van der Waals surface area contributed by atoms with Gasteiger partial charge in [-0.05, 0) is 71.9 Å². The lowest BCUT2D eigenvalue weighted by Crippen LogP contribution is -2.47. The Morgan fingerprint density at radius 3 is 2.64 bits per heavy atom. The number of carbonyl (C=O) groups is 1. The van der Waals surface area contributed by atoms with Crippen molar-refractivity contribution in [3.05, 3.63) is 75.7 Å². The van der Waals surface area contributed by atoms with Crippen LogP contribution < -0.4 is 5.32 Å². The van der Waals surface area contributed by atoms with Crippen LogP contribution in [0.3, 0.4) is 0 Å². The molecule has 0 amide bonds. The second-order valence-electron chi connectivity index (χ2n) is 10.7. The molecule has 6 heteroatoms. The molecule has 1 saturated heterocycles. The Bertz CT molecular complexity index is 1240. The number of nitrogens with zero attached hydrogens (tertiary/aromatic N) is 1. The molecule has 1 aromatic heterocycles. The van der Waals surface area contributed by atoms with E-state index in [2.05, 4.69) is 23.5 Å². The predicted molar refractivity (Wildman–Crippen MR) is 141 cm³/mol. The fourth-order valence-corrected chi connectivity index (χ4v) is 7.26. The molecule has 36 heavy (non-hydrogen) atoms. The molecule has 1 saturated carbocycles. The average molecular weight is 505 g/mol. The summed E-state index contributed by atoms with van der Waals surface area (Å²) in [6, 6.07) is 13.7. The first kappa shape index (κ1) is 23.8. The Kier molecular flexibility index (Phi) is 6.65. The average Bonchev–Trinajstić information content (AvgIpc) is 3.30. The second kappa shape index (κ2) is 10.1. The summed E-state index contributed by atoms with van der Waals surface area (Å²) in [5.74, 6) is -0.248. The van der Waals surface area contributed by atoms with Gasteiger partial charge in [0.15, 0.2) is 0 Å². The zero-order valence-corrected chi connectivity index (χ0v) is 21.5. The van der Waals surface area contributed by atoms with Gasteiger partial charge in [0.1, 0.15) is 12.4 Å². The van der Waals surface area contributed by atoms with E-state index in [9.17, 15) is 9.18 Å². The van der Waals surface area contributed by atoms with Crippen molar-refractivity contribution in [2.45, 2.75) is 69.8 Å². The highest BCUT2D eigenvalue weighted by atomic mass is 32.1. The Labute approximate surface area is 216 Å². The molecule has 3 aromatic rings. The van der Waals surface area contributed by atoms with E-state index >= 15 is 0 Å². The van der Waals surface area contributed by atoms with Gasteiger partial charge in [0.05, 0.1) is 21.5 Å². The van der Waals surface area contributed by atoms with Gasteiger partial charge >= 0.3 is 5.97 Å². The molecule has 2 heterocycles. The van der Waals surface area contributed by atoms with Gasteiger partial charge in [0.25, 0.3) is 0 Å². The van der Waals surface area contributed by atoms with Crippen LogP contribution in [0.25, 0.3) is 10.4 Å². The lowest BCUT2D eigenvalue weighted by molar-refractivity contribution is -0.151. The first-order valence-electron chi connectivity index (χ1n) is 13.3. The summed E-state index contributed by atoms with van der Waals surface area (Å²) < 4.78 is 19.1. The molecule has 2 aromatic carbocycles. The van der Waals surface area contributed by atoms with E-state index in [0.29, 0.717) is 6.61 Å². The Hall–Kier alpha value is -2.57. The van der Waals surface area contributed by atoms with Crippen molar-refractivity contribution >= 4 is 17.3 Å². The normalized spacial score (nSPS) is 18.7. The van der Waals surface area contributed by atoms with Crippen LogP contribution in [0.5, 0.6) is 0 Å². The van der Waals surface area contributed by atoms with Crippen LogP contribution in [-0.2, 0) is 40.8 Å². The van der Waals surface area contributed by atoms with Gasteiger partial charge in [0, 0.05) is 19.5 Å². The smallest absolute Gasteiger partial charge is 0.311 e. The maximum atomic E-state index is 13.6. The number of aryl methyl sites for hydroxylation is 3. The molecular formula is C30H33FN2O2S. The molecule has 1 aliphatic heterocycles. The molecule has 0 radical (unpaired) electrons. The van der Waals surface area contributed by atoms with Crippen LogP contribution in [0.1, 0.15) is 65.9 Å². The fraction of sp³-hybridized carbons (Fsp3) is 0.467.